The van der Waals surface area contributed by atoms with E-state index in [2.05, 4.69) is 5.32 Å². The van der Waals surface area contributed by atoms with Crippen molar-refractivity contribution in [1.82, 2.24) is 5.32 Å². The van der Waals surface area contributed by atoms with Crippen LogP contribution in [0.1, 0.15) is 19.3 Å². The fraction of sp³-hybridized carbons (Fsp3) is 0.900. The Bertz CT molecular complexity index is 270. The number of aliphatic carboxylic acids is 1. The van der Waals surface area contributed by atoms with Gasteiger partial charge in [0.05, 0.1) is 6.10 Å². The lowest BCUT2D eigenvalue weighted by molar-refractivity contribution is -0.192. The number of alkyl halides is 3. The predicted octanol–water partition coefficient (Wildman–Crippen LogP) is 1.00. The maximum Gasteiger partial charge on any atom is 0.403 e. The van der Waals surface area contributed by atoms with E-state index in [9.17, 15) is 23.1 Å². The SMILES string of the molecule is O=C(O)C(CNCC1CCC(O)C1)C(F)(F)F. The van der Waals surface area contributed by atoms with Crippen molar-refractivity contribution < 1.29 is 28.2 Å². The summed E-state index contributed by atoms with van der Waals surface area (Å²) in [7, 11) is 0. The summed E-state index contributed by atoms with van der Waals surface area (Å²) in [4.78, 5) is 10.4. The number of carbonyl (C=O) groups is 1. The van der Waals surface area contributed by atoms with Gasteiger partial charge in [0.25, 0.3) is 0 Å². The summed E-state index contributed by atoms with van der Waals surface area (Å²) in [5, 5.41) is 20.2. The van der Waals surface area contributed by atoms with Gasteiger partial charge in [-0.1, -0.05) is 0 Å². The lowest BCUT2D eigenvalue weighted by Gasteiger charge is -2.18. The molecule has 0 saturated heterocycles. The third-order valence-electron chi connectivity index (χ3n) is 2.99. The Kier molecular flexibility index (Phi) is 4.76. The van der Waals surface area contributed by atoms with Gasteiger partial charge in [-0.05, 0) is 31.7 Å². The third kappa shape index (κ3) is 4.51. The van der Waals surface area contributed by atoms with Crippen molar-refractivity contribution in [3.05, 3.63) is 0 Å². The minimum Gasteiger partial charge on any atom is -0.481 e. The van der Waals surface area contributed by atoms with E-state index in [1.165, 1.54) is 0 Å². The Labute approximate surface area is 96.8 Å². The minimum atomic E-state index is -4.73. The molecule has 7 heteroatoms. The Morgan fingerprint density at radius 3 is 2.47 bits per heavy atom. The van der Waals surface area contributed by atoms with Crippen LogP contribution in [0.15, 0.2) is 0 Å². The van der Waals surface area contributed by atoms with Crippen molar-refractivity contribution in [2.45, 2.75) is 31.5 Å². The molecule has 1 saturated carbocycles. The first-order valence-corrected chi connectivity index (χ1v) is 5.49. The van der Waals surface area contributed by atoms with Gasteiger partial charge in [0.1, 0.15) is 0 Å². The smallest absolute Gasteiger partial charge is 0.403 e. The average Bonchev–Trinajstić information content (AvgIpc) is 2.56. The molecule has 1 fully saturated rings. The molecule has 3 unspecified atom stereocenters. The Hall–Kier alpha value is -0.820. The summed E-state index contributed by atoms with van der Waals surface area (Å²) in [6.45, 7) is -0.303. The summed E-state index contributed by atoms with van der Waals surface area (Å²) in [5.74, 6) is -4.10. The van der Waals surface area contributed by atoms with E-state index in [0.29, 0.717) is 19.4 Å². The zero-order valence-electron chi connectivity index (χ0n) is 9.20. The molecule has 0 aromatic carbocycles. The molecular formula is C10H16F3NO3. The molecule has 0 bridgehead atoms. The van der Waals surface area contributed by atoms with Gasteiger partial charge in [0.2, 0.25) is 0 Å². The Morgan fingerprint density at radius 2 is 2.06 bits per heavy atom. The predicted molar refractivity (Wildman–Crippen MR) is 53.4 cm³/mol. The summed E-state index contributed by atoms with van der Waals surface area (Å²) in [5.41, 5.74) is 0. The van der Waals surface area contributed by atoms with Crippen LogP contribution >= 0.6 is 0 Å². The highest BCUT2D eigenvalue weighted by atomic mass is 19.4. The third-order valence-corrected chi connectivity index (χ3v) is 2.99. The molecule has 1 aliphatic rings. The summed E-state index contributed by atoms with van der Waals surface area (Å²) < 4.78 is 36.8. The van der Waals surface area contributed by atoms with E-state index in [1.807, 2.05) is 0 Å². The number of halogens is 3. The van der Waals surface area contributed by atoms with Crippen molar-refractivity contribution in [3.63, 3.8) is 0 Å². The second-order valence-corrected chi connectivity index (χ2v) is 4.42. The van der Waals surface area contributed by atoms with Crippen molar-refractivity contribution >= 4 is 5.97 Å². The highest BCUT2D eigenvalue weighted by Crippen LogP contribution is 2.27. The summed E-state index contributed by atoms with van der Waals surface area (Å²) in [6.07, 6.45) is -3.11. The van der Waals surface area contributed by atoms with Crippen LogP contribution in [0.5, 0.6) is 0 Å². The number of carboxylic acids is 1. The number of carboxylic acid groups (broad SMARTS) is 1. The second kappa shape index (κ2) is 5.68. The van der Waals surface area contributed by atoms with E-state index in [-0.39, 0.29) is 12.0 Å². The molecule has 0 aliphatic heterocycles. The second-order valence-electron chi connectivity index (χ2n) is 4.42. The van der Waals surface area contributed by atoms with Gasteiger partial charge in [-0.25, -0.2) is 0 Å². The average molecular weight is 255 g/mol. The monoisotopic (exact) mass is 255 g/mol. The molecule has 100 valence electrons. The number of hydrogen-bond donors (Lipinski definition) is 3. The van der Waals surface area contributed by atoms with E-state index in [1.54, 1.807) is 0 Å². The van der Waals surface area contributed by atoms with Crippen LogP contribution in [0.3, 0.4) is 0 Å². The van der Waals surface area contributed by atoms with E-state index in [4.69, 9.17) is 5.11 Å². The lowest BCUT2D eigenvalue weighted by atomic mass is 10.1. The molecule has 0 radical (unpaired) electrons. The first-order chi connectivity index (χ1) is 7.80. The van der Waals surface area contributed by atoms with E-state index in [0.717, 1.165) is 6.42 Å². The molecule has 3 atom stereocenters. The molecule has 4 nitrogen and oxygen atoms in total. The number of aliphatic hydroxyl groups excluding tert-OH is 1. The number of hydrogen-bond acceptors (Lipinski definition) is 3. The van der Waals surface area contributed by atoms with E-state index >= 15 is 0 Å². The fourth-order valence-corrected chi connectivity index (χ4v) is 2.01. The number of rotatable bonds is 5. The normalized spacial score (nSPS) is 27.1. The van der Waals surface area contributed by atoms with Gasteiger partial charge >= 0.3 is 12.1 Å². The fourth-order valence-electron chi connectivity index (χ4n) is 2.01. The quantitative estimate of drug-likeness (QED) is 0.685. The van der Waals surface area contributed by atoms with Gasteiger partial charge in [0, 0.05) is 6.54 Å². The highest BCUT2D eigenvalue weighted by Gasteiger charge is 2.44. The zero-order valence-corrected chi connectivity index (χ0v) is 9.20. The Morgan fingerprint density at radius 1 is 1.41 bits per heavy atom. The molecule has 0 aromatic heterocycles. The van der Waals surface area contributed by atoms with E-state index < -0.39 is 24.6 Å². The highest BCUT2D eigenvalue weighted by molar-refractivity contribution is 5.71. The molecular weight excluding hydrogens is 239 g/mol. The molecule has 0 amide bonds. The first kappa shape index (κ1) is 14.2. The van der Waals surface area contributed by atoms with Crippen molar-refractivity contribution in [2.24, 2.45) is 11.8 Å². The van der Waals surface area contributed by atoms with Crippen LogP contribution in [0.2, 0.25) is 0 Å². The first-order valence-electron chi connectivity index (χ1n) is 5.49. The maximum absolute atomic E-state index is 12.3. The lowest BCUT2D eigenvalue weighted by Crippen LogP contribution is -2.40. The molecule has 1 aliphatic carbocycles. The van der Waals surface area contributed by atoms with Crippen LogP contribution in [0, 0.1) is 11.8 Å². The van der Waals surface area contributed by atoms with Crippen molar-refractivity contribution in [3.8, 4) is 0 Å². The molecule has 17 heavy (non-hydrogen) atoms. The molecule has 3 N–H and O–H groups in total. The van der Waals surface area contributed by atoms with Crippen LogP contribution < -0.4 is 5.32 Å². The standard InChI is InChI=1S/C10H16F3NO3/c11-10(12,13)8(9(16)17)5-14-4-6-1-2-7(15)3-6/h6-8,14-15H,1-5H2,(H,16,17). The molecule has 1 rings (SSSR count). The van der Waals surface area contributed by atoms with Crippen LogP contribution in [-0.4, -0.2) is 41.6 Å². The zero-order chi connectivity index (χ0) is 13.1. The molecule has 0 spiro atoms. The minimum absolute atomic E-state index is 0.132. The van der Waals surface area contributed by atoms with Crippen LogP contribution in [-0.2, 0) is 4.79 Å². The van der Waals surface area contributed by atoms with Crippen LogP contribution in [0.25, 0.3) is 0 Å². The summed E-state index contributed by atoms with van der Waals surface area (Å²) >= 11 is 0. The van der Waals surface area contributed by atoms with Gasteiger partial charge in [0.15, 0.2) is 5.92 Å². The van der Waals surface area contributed by atoms with Crippen molar-refractivity contribution in [2.75, 3.05) is 13.1 Å². The topological polar surface area (TPSA) is 69.6 Å². The summed E-state index contributed by atoms with van der Waals surface area (Å²) in [6, 6.07) is 0. The molecule has 0 aromatic rings. The van der Waals surface area contributed by atoms with Gasteiger partial charge < -0.3 is 15.5 Å². The number of aliphatic hydroxyl groups is 1. The maximum atomic E-state index is 12.3. The Balaban J connectivity index is 2.31. The molecule has 0 heterocycles. The van der Waals surface area contributed by atoms with Gasteiger partial charge in [-0.15, -0.1) is 0 Å². The number of nitrogens with one attached hydrogen (secondary N) is 1. The van der Waals surface area contributed by atoms with Crippen molar-refractivity contribution in [1.29, 1.82) is 0 Å². The van der Waals surface area contributed by atoms with Crippen LogP contribution in [0.4, 0.5) is 13.2 Å². The van der Waals surface area contributed by atoms with Gasteiger partial charge in [-0.3, -0.25) is 4.79 Å². The van der Waals surface area contributed by atoms with Gasteiger partial charge in [-0.2, -0.15) is 13.2 Å². The largest absolute Gasteiger partial charge is 0.481 e.